The molecule has 1 aromatic rings. The van der Waals surface area contributed by atoms with E-state index in [-0.39, 0.29) is 31.5 Å². The first-order valence-electron chi connectivity index (χ1n) is 5.79. The molecule has 0 aromatic heterocycles. The van der Waals surface area contributed by atoms with E-state index in [1.807, 2.05) is 6.07 Å². The fourth-order valence-corrected chi connectivity index (χ4v) is 2.18. The molecule has 1 saturated heterocycles. The first-order chi connectivity index (χ1) is 9.07. The highest BCUT2D eigenvalue weighted by Crippen LogP contribution is 2.26. The maximum Gasteiger partial charge on any atom is 0.245 e. The Kier molecular flexibility index (Phi) is 4.17. The van der Waals surface area contributed by atoms with Crippen LogP contribution in [0, 0.1) is 22.6 Å². The molecule has 1 heterocycles. The number of benzene rings is 1. The van der Waals surface area contributed by atoms with E-state index < -0.39 is 5.41 Å². The molecule has 19 heavy (non-hydrogen) atoms. The number of hydrogen-bond donors (Lipinski definition) is 1. The summed E-state index contributed by atoms with van der Waals surface area (Å²) in [7, 11) is 0. The molecule has 1 amide bonds. The second kappa shape index (κ2) is 5.68. The third-order valence-electron chi connectivity index (χ3n) is 3.03. The molecule has 100 valence electrons. The normalized spacial score (nSPS) is 16.3. The lowest BCUT2D eigenvalue weighted by molar-refractivity contribution is -0.149. The minimum atomic E-state index is -1.06. The maximum atomic E-state index is 13.5. The second-order valence-corrected chi connectivity index (χ2v) is 5.34. The Morgan fingerprint density at radius 1 is 1.58 bits per heavy atom. The van der Waals surface area contributed by atoms with Crippen LogP contribution in [0.2, 0.25) is 0 Å². The van der Waals surface area contributed by atoms with Crippen LogP contribution in [-0.4, -0.2) is 25.7 Å². The zero-order valence-corrected chi connectivity index (χ0v) is 11.7. The van der Waals surface area contributed by atoms with Gasteiger partial charge in [-0.1, -0.05) is 15.9 Å². The molecule has 0 aliphatic carbocycles. The number of carbonyl (C=O) groups excluding carboxylic acids is 1. The predicted molar refractivity (Wildman–Crippen MR) is 69.7 cm³/mol. The Morgan fingerprint density at radius 3 is 2.89 bits per heavy atom. The van der Waals surface area contributed by atoms with Gasteiger partial charge in [0.1, 0.15) is 5.82 Å². The highest BCUT2D eigenvalue weighted by molar-refractivity contribution is 9.10. The van der Waals surface area contributed by atoms with Crippen LogP contribution in [0.3, 0.4) is 0 Å². The van der Waals surface area contributed by atoms with Crippen molar-refractivity contribution >= 4 is 21.8 Å². The fraction of sp³-hybridized carbons (Fsp3) is 0.385. The SMILES string of the molecule is N#CC1(C(=O)NCCc2cc(Br)ccc2F)COC1. The molecule has 1 N–H and O–H groups in total. The summed E-state index contributed by atoms with van der Waals surface area (Å²) in [5.41, 5.74) is -0.541. The van der Waals surface area contributed by atoms with Crippen LogP contribution in [0.25, 0.3) is 0 Å². The molecule has 2 rings (SSSR count). The van der Waals surface area contributed by atoms with Crippen molar-refractivity contribution in [1.82, 2.24) is 5.32 Å². The van der Waals surface area contributed by atoms with E-state index in [4.69, 9.17) is 10.00 Å². The first-order valence-corrected chi connectivity index (χ1v) is 6.58. The summed E-state index contributed by atoms with van der Waals surface area (Å²) in [5.74, 6) is -0.656. The Morgan fingerprint density at radius 2 is 2.32 bits per heavy atom. The van der Waals surface area contributed by atoms with Gasteiger partial charge in [-0.2, -0.15) is 5.26 Å². The van der Waals surface area contributed by atoms with Crippen LogP contribution in [0.4, 0.5) is 4.39 Å². The number of nitriles is 1. The summed E-state index contributed by atoms with van der Waals surface area (Å²) in [6, 6.07) is 6.63. The van der Waals surface area contributed by atoms with Gasteiger partial charge in [-0.05, 0) is 30.2 Å². The van der Waals surface area contributed by atoms with Gasteiger partial charge in [0.25, 0.3) is 0 Å². The zero-order chi connectivity index (χ0) is 13.9. The Bertz CT molecular complexity index is 538. The molecule has 1 aliphatic rings. The lowest BCUT2D eigenvalue weighted by atomic mass is 9.87. The van der Waals surface area contributed by atoms with Crippen molar-refractivity contribution in [3.05, 3.63) is 34.1 Å². The lowest BCUT2D eigenvalue weighted by Gasteiger charge is -2.33. The van der Waals surface area contributed by atoms with Crippen molar-refractivity contribution in [1.29, 1.82) is 5.26 Å². The minimum absolute atomic E-state index is 0.126. The predicted octanol–water partition coefficient (Wildman–Crippen LogP) is 1.79. The van der Waals surface area contributed by atoms with Crippen LogP contribution in [0.1, 0.15) is 5.56 Å². The monoisotopic (exact) mass is 326 g/mol. The molecule has 0 atom stereocenters. The number of ether oxygens (including phenoxy) is 1. The van der Waals surface area contributed by atoms with E-state index in [9.17, 15) is 9.18 Å². The fourth-order valence-electron chi connectivity index (χ4n) is 1.77. The molecule has 0 bridgehead atoms. The van der Waals surface area contributed by atoms with E-state index in [1.54, 1.807) is 12.1 Å². The van der Waals surface area contributed by atoms with E-state index in [0.29, 0.717) is 12.0 Å². The summed E-state index contributed by atoms with van der Waals surface area (Å²) < 4.78 is 19.2. The van der Waals surface area contributed by atoms with Crippen molar-refractivity contribution in [3.8, 4) is 6.07 Å². The Hall–Kier alpha value is -1.45. The second-order valence-electron chi connectivity index (χ2n) is 4.43. The molecule has 6 heteroatoms. The molecule has 1 aliphatic heterocycles. The minimum Gasteiger partial charge on any atom is -0.377 e. The highest BCUT2D eigenvalue weighted by atomic mass is 79.9. The Labute approximate surface area is 118 Å². The van der Waals surface area contributed by atoms with E-state index in [0.717, 1.165) is 4.47 Å². The number of nitrogens with one attached hydrogen (secondary N) is 1. The quantitative estimate of drug-likeness (QED) is 0.917. The summed E-state index contributed by atoms with van der Waals surface area (Å²) >= 11 is 3.27. The molecule has 0 saturated carbocycles. The molecule has 0 unspecified atom stereocenters. The van der Waals surface area contributed by atoms with E-state index >= 15 is 0 Å². The van der Waals surface area contributed by atoms with Crippen molar-refractivity contribution in [3.63, 3.8) is 0 Å². The molecule has 0 spiro atoms. The van der Waals surface area contributed by atoms with Gasteiger partial charge in [-0.25, -0.2) is 4.39 Å². The van der Waals surface area contributed by atoms with Gasteiger partial charge in [0.05, 0.1) is 19.3 Å². The van der Waals surface area contributed by atoms with Crippen molar-refractivity contribution in [2.45, 2.75) is 6.42 Å². The topological polar surface area (TPSA) is 62.1 Å². The number of nitrogens with zero attached hydrogens (tertiary/aromatic N) is 1. The van der Waals surface area contributed by atoms with Crippen molar-refractivity contribution in [2.24, 2.45) is 5.41 Å². The standard InChI is InChI=1S/C13H12BrFN2O2/c14-10-1-2-11(15)9(5-10)3-4-17-12(18)13(6-16)7-19-8-13/h1-2,5H,3-4,7-8H2,(H,17,18). The zero-order valence-electron chi connectivity index (χ0n) is 10.1. The average molecular weight is 327 g/mol. The molecule has 1 fully saturated rings. The van der Waals surface area contributed by atoms with Gasteiger partial charge in [-0.15, -0.1) is 0 Å². The molecular formula is C13H12BrFN2O2. The van der Waals surface area contributed by atoms with Gasteiger partial charge < -0.3 is 10.1 Å². The molecule has 0 radical (unpaired) electrons. The van der Waals surface area contributed by atoms with Crippen LogP contribution >= 0.6 is 15.9 Å². The van der Waals surface area contributed by atoms with E-state index in [1.165, 1.54) is 6.07 Å². The smallest absolute Gasteiger partial charge is 0.245 e. The molecule has 1 aromatic carbocycles. The largest absolute Gasteiger partial charge is 0.377 e. The summed E-state index contributed by atoms with van der Waals surface area (Å²) in [6.45, 7) is 0.538. The van der Waals surface area contributed by atoms with Crippen LogP contribution in [0.15, 0.2) is 22.7 Å². The maximum absolute atomic E-state index is 13.5. The molecular weight excluding hydrogens is 315 g/mol. The molecule has 4 nitrogen and oxygen atoms in total. The number of halogens is 2. The van der Waals surface area contributed by atoms with Gasteiger partial charge in [0.15, 0.2) is 5.41 Å². The summed E-state index contributed by atoms with van der Waals surface area (Å²) in [6.07, 6.45) is 0.374. The summed E-state index contributed by atoms with van der Waals surface area (Å²) in [5, 5.41) is 11.6. The number of hydrogen-bond acceptors (Lipinski definition) is 3. The summed E-state index contributed by atoms with van der Waals surface area (Å²) in [4.78, 5) is 11.8. The van der Waals surface area contributed by atoms with Gasteiger partial charge in [0, 0.05) is 11.0 Å². The number of rotatable bonds is 4. The van der Waals surface area contributed by atoms with E-state index in [2.05, 4.69) is 21.2 Å². The third kappa shape index (κ3) is 2.94. The van der Waals surface area contributed by atoms with Crippen LogP contribution < -0.4 is 5.32 Å². The van der Waals surface area contributed by atoms with Crippen LogP contribution in [0.5, 0.6) is 0 Å². The van der Waals surface area contributed by atoms with Crippen molar-refractivity contribution < 1.29 is 13.9 Å². The van der Waals surface area contributed by atoms with Gasteiger partial charge >= 0.3 is 0 Å². The van der Waals surface area contributed by atoms with Gasteiger partial charge in [-0.3, -0.25) is 4.79 Å². The lowest BCUT2D eigenvalue weighted by Crippen LogP contribution is -2.53. The highest BCUT2D eigenvalue weighted by Gasteiger charge is 2.46. The first kappa shape index (κ1) is 14.0. The number of amides is 1. The number of carbonyl (C=O) groups is 1. The van der Waals surface area contributed by atoms with Crippen LogP contribution in [-0.2, 0) is 16.0 Å². The Balaban J connectivity index is 1.89. The van der Waals surface area contributed by atoms with Crippen molar-refractivity contribution in [2.75, 3.05) is 19.8 Å². The average Bonchev–Trinajstić information content (AvgIpc) is 2.33. The van der Waals surface area contributed by atoms with Gasteiger partial charge in [0.2, 0.25) is 5.91 Å². The third-order valence-corrected chi connectivity index (χ3v) is 3.53.